The van der Waals surface area contributed by atoms with Crippen LogP contribution in [0.15, 0.2) is 6.07 Å². The second-order valence-electron chi connectivity index (χ2n) is 4.61. The van der Waals surface area contributed by atoms with Crippen LogP contribution in [0.2, 0.25) is 0 Å². The lowest BCUT2D eigenvalue weighted by atomic mass is 10.1. The summed E-state index contributed by atoms with van der Waals surface area (Å²) in [5.74, 6) is 0.137. The Kier molecular flexibility index (Phi) is 2.70. The molecular formula is C13H18N2O. The number of pyridine rings is 1. The largest absolute Gasteiger partial charge is 0.332 e. The lowest BCUT2D eigenvalue weighted by molar-refractivity contribution is 0.0730. The maximum Gasteiger partial charge on any atom is 0.256 e. The number of hydrogen-bond donors (Lipinski definition) is 0. The molecule has 2 heterocycles. The quantitative estimate of drug-likeness (QED) is 0.763. The minimum atomic E-state index is 0.137. The molecule has 1 aromatic rings. The van der Waals surface area contributed by atoms with E-state index in [4.69, 9.17) is 0 Å². The number of carbonyl (C=O) groups excluding carboxylic acids is 1. The highest BCUT2D eigenvalue weighted by Crippen LogP contribution is 2.27. The molecule has 0 radical (unpaired) electrons. The minimum absolute atomic E-state index is 0.137. The lowest BCUT2D eigenvalue weighted by Gasteiger charge is -2.19. The van der Waals surface area contributed by atoms with Crippen molar-refractivity contribution in [2.45, 2.75) is 46.7 Å². The second-order valence-corrected chi connectivity index (χ2v) is 4.61. The van der Waals surface area contributed by atoms with E-state index in [1.165, 1.54) is 0 Å². The predicted octanol–water partition coefficient (Wildman–Crippen LogP) is 2.32. The van der Waals surface area contributed by atoms with Crippen LogP contribution in [0.3, 0.4) is 0 Å². The summed E-state index contributed by atoms with van der Waals surface area (Å²) in [6.07, 6.45) is 0.921. The minimum Gasteiger partial charge on any atom is -0.332 e. The third-order valence-electron chi connectivity index (χ3n) is 3.14. The Hall–Kier alpha value is -1.38. The second kappa shape index (κ2) is 3.89. The molecule has 0 atom stereocenters. The van der Waals surface area contributed by atoms with Crippen molar-refractivity contribution < 1.29 is 4.79 Å². The first-order chi connectivity index (χ1) is 7.54. The van der Waals surface area contributed by atoms with Gasteiger partial charge in [0.15, 0.2) is 0 Å². The van der Waals surface area contributed by atoms with Gasteiger partial charge in [-0.05, 0) is 38.8 Å². The Bertz CT molecular complexity index is 438. The summed E-state index contributed by atoms with van der Waals surface area (Å²) in [7, 11) is 0. The van der Waals surface area contributed by atoms with Crippen molar-refractivity contribution >= 4 is 5.91 Å². The van der Waals surface area contributed by atoms with E-state index in [2.05, 4.69) is 18.0 Å². The van der Waals surface area contributed by atoms with Crippen LogP contribution in [0.4, 0.5) is 0 Å². The first-order valence-electron chi connectivity index (χ1n) is 5.85. The molecular weight excluding hydrogens is 200 g/mol. The van der Waals surface area contributed by atoms with E-state index in [9.17, 15) is 4.79 Å². The van der Waals surface area contributed by atoms with E-state index in [1.807, 2.05) is 25.7 Å². The monoisotopic (exact) mass is 218 g/mol. The van der Waals surface area contributed by atoms with Crippen molar-refractivity contribution in [2.24, 2.45) is 0 Å². The molecule has 3 nitrogen and oxygen atoms in total. The van der Waals surface area contributed by atoms with Crippen molar-refractivity contribution in [1.82, 2.24) is 9.88 Å². The Labute approximate surface area is 96.5 Å². The molecule has 0 saturated carbocycles. The highest BCUT2D eigenvalue weighted by molar-refractivity contribution is 5.99. The van der Waals surface area contributed by atoms with Crippen LogP contribution in [0.1, 0.15) is 48.1 Å². The number of hydrogen-bond acceptors (Lipinski definition) is 2. The predicted molar refractivity (Wildman–Crippen MR) is 63.4 cm³/mol. The van der Waals surface area contributed by atoms with Gasteiger partial charge in [0, 0.05) is 18.3 Å². The summed E-state index contributed by atoms with van der Waals surface area (Å²) < 4.78 is 0. The van der Waals surface area contributed by atoms with Gasteiger partial charge in [-0.2, -0.15) is 0 Å². The van der Waals surface area contributed by atoms with Crippen molar-refractivity contribution in [1.29, 1.82) is 0 Å². The molecule has 0 saturated heterocycles. The van der Waals surface area contributed by atoms with Gasteiger partial charge < -0.3 is 4.90 Å². The molecule has 0 spiro atoms. The summed E-state index contributed by atoms with van der Waals surface area (Å²) in [6.45, 7) is 8.85. The molecule has 0 aromatic carbocycles. The van der Waals surface area contributed by atoms with Gasteiger partial charge in [0.1, 0.15) is 0 Å². The summed E-state index contributed by atoms with van der Waals surface area (Å²) in [4.78, 5) is 18.5. The zero-order chi connectivity index (χ0) is 11.9. The molecule has 0 aliphatic carbocycles. The molecule has 1 amide bonds. The number of rotatable bonds is 2. The number of carbonyl (C=O) groups is 1. The maximum absolute atomic E-state index is 12.1. The summed E-state index contributed by atoms with van der Waals surface area (Å²) >= 11 is 0. The van der Waals surface area contributed by atoms with Gasteiger partial charge in [-0.25, -0.2) is 0 Å². The van der Waals surface area contributed by atoms with Gasteiger partial charge in [0.05, 0.1) is 11.3 Å². The SMILES string of the molecule is CCc1cc2c(c(C)n1)C(=O)N(C(C)C)C2. The summed E-state index contributed by atoms with van der Waals surface area (Å²) in [5.41, 5.74) is 3.92. The van der Waals surface area contributed by atoms with Gasteiger partial charge in [-0.3, -0.25) is 9.78 Å². The van der Waals surface area contributed by atoms with E-state index in [0.717, 1.165) is 35.5 Å². The van der Waals surface area contributed by atoms with Gasteiger partial charge in [0.25, 0.3) is 5.91 Å². The van der Waals surface area contributed by atoms with E-state index < -0.39 is 0 Å². The topological polar surface area (TPSA) is 33.2 Å². The standard InChI is InChI=1S/C13H18N2O/c1-5-11-6-10-7-15(8(2)3)13(16)12(10)9(4)14-11/h6,8H,5,7H2,1-4H3. The molecule has 1 aliphatic heterocycles. The van der Waals surface area contributed by atoms with E-state index >= 15 is 0 Å². The van der Waals surface area contributed by atoms with Crippen LogP contribution in [0.25, 0.3) is 0 Å². The van der Waals surface area contributed by atoms with Crippen molar-refractivity contribution in [3.63, 3.8) is 0 Å². The molecule has 0 N–H and O–H groups in total. The smallest absolute Gasteiger partial charge is 0.256 e. The fourth-order valence-corrected chi connectivity index (χ4v) is 2.22. The molecule has 16 heavy (non-hydrogen) atoms. The summed E-state index contributed by atoms with van der Waals surface area (Å²) in [6, 6.07) is 2.33. The van der Waals surface area contributed by atoms with Gasteiger partial charge in [-0.15, -0.1) is 0 Å². The Morgan fingerprint density at radius 3 is 2.75 bits per heavy atom. The number of nitrogens with zero attached hydrogens (tertiary/aromatic N) is 2. The molecule has 1 aromatic heterocycles. The Morgan fingerprint density at radius 2 is 2.19 bits per heavy atom. The first-order valence-corrected chi connectivity index (χ1v) is 5.85. The molecule has 0 unspecified atom stereocenters. The highest BCUT2D eigenvalue weighted by atomic mass is 16.2. The molecule has 1 aliphatic rings. The highest BCUT2D eigenvalue weighted by Gasteiger charge is 2.31. The van der Waals surface area contributed by atoms with E-state index in [1.54, 1.807) is 0 Å². The fourth-order valence-electron chi connectivity index (χ4n) is 2.22. The third kappa shape index (κ3) is 1.60. The lowest BCUT2D eigenvalue weighted by Crippen LogP contribution is -2.31. The molecule has 86 valence electrons. The average molecular weight is 218 g/mol. The van der Waals surface area contributed by atoms with E-state index in [0.29, 0.717) is 0 Å². The normalized spacial score (nSPS) is 14.8. The fraction of sp³-hybridized carbons (Fsp3) is 0.538. The number of aromatic nitrogens is 1. The van der Waals surface area contributed by atoms with Crippen LogP contribution >= 0.6 is 0 Å². The zero-order valence-electron chi connectivity index (χ0n) is 10.4. The van der Waals surface area contributed by atoms with E-state index in [-0.39, 0.29) is 11.9 Å². The molecule has 0 bridgehead atoms. The number of fused-ring (bicyclic) bond motifs is 1. The van der Waals surface area contributed by atoms with Crippen molar-refractivity contribution in [3.05, 3.63) is 28.6 Å². The van der Waals surface area contributed by atoms with Crippen LogP contribution in [-0.4, -0.2) is 21.8 Å². The van der Waals surface area contributed by atoms with Crippen molar-refractivity contribution in [3.8, 4) is 0 Å². The molecule has 2 rings (SSSR count). The van der Waals surface area contributed by atoms with Crippen LogP contribution in [0.5, 0.6) is 0 Å². The number of aryl methyl sites for hydroxylation is 2. The maximum atomic E-state index is 12.1. The first kappa shape index (κ1) is 11.1. The molecule has 3 heteroatoms. The van der Waals surface area contributed by atoms with Crippen molar-refractivity contribution in [2.75, 3.05) is 0 Å². The van der Waals surface area contributed by atoms with Crippen LogP contribution < -0.4 is 0 Å². The van der Waals surface area contributed by atoms with Crippen LogP contribution in [0, 0.1) is 6.92 Å². The van der Waals surface area contributed by atoms with Gasteiger partial charge in [-0.1, -0.05) is 6.92 Å². The van der Waals surface area contributed by atoms with Gasteiger partial charge >= 0.3 is 0 Å². The van der Waals surface area contributed by atoms with Crippen LogP contribution in [-0.2, 0) is 13.0 Å². The Balaban J connectivity index is 2.47. The zero-order valence-corrected chi connectivity index (χ0v) is 10.4. The van der Waals surface area contributed by atoms with Gasteiger partial charge in [0.2, 0.25) is 0 Å². The molecule has 0 fully saturated rings. The average Bonchev–Trinajstić information content (AvgIpc) is 2.56. The third-order valence-corrected chi connectivity index (χ3v) is 3.14. The Morgan fingerprint density at radius 1 is 1.50 bits per heavy atom. The number of amides is 1. The summed E-state index contributed by atoms with van der Waals surface area (Å²) in [5, 5.41) is 0.